The quantitative estimate of drug-likeness (QED) is 0.666. The van der Waals surface area contributed by atoms with Gasteiger partial charge in [-0.2, -0.15) is 0 Å². The summed E-state index contributed by atoms with van der Waals surface area (Å²) in [6.45, 7) is 9.79. The number of hydrogen-bond donors (Lipinski definition) is 0. The van der Waals surface area contributed by atoms with Gasteiger partial charge in [0.2, 0.25) is 0 Å². The lowest BCUT2D eigenvalue weighted by atomic mass is 10.1. The van der Waals surface area contributed by atoms with E-state index in [1.165, 1.54) is 16.5 Å². The molecule has 1 aromatic heterocycles. The SMILES string of the molecule is CCN1CCN(C(=O)c2ccc(N3CCc4cc5ccc(C)cc5nc43)cc2)CC1. The fraction of sp³-hybridized carbons (Fsp3) is 0.360. The maximum Gasteiger partial charge on any atom is 0.253 e. The fourth-order valence-electron chi connectivity index (χ4n) is 4.55. The van der Waals surface area contributed by atoms with Crippen molar-refractivity contribution >= 4 is 28.3 Å². The van der Waals surface area contributed by atoms with Crippen LogP contribution in [0.5, 0.6) is 0 Å². The number of anilines is 2. The first-order valence-electron chi connectivity index (χ1n) is 10.9. The number of nitrogens with zero attached hydrogens (tertiary/aromatic N) is 4. The van der Waals surface area contributed by atoms with Crippen LogP contribution in [0.3, 0.4) is 0 Å². The number of amides is 1. The lowest BCUT2D eigenvalue weighted by Crippen LogP contribution is -2.48. The second-order valence-electron chi connectivity index (χ2n) is 8.34. The first kappa shape index (κ1) is 19.1. The Hall–Kier alpha value is -2.92. The van der Waals surface area contributed by atoms with Gasteiger partial charge < -0.3 is 14.7 Å². The number of piperazine rings is 1. The van der Waals surface area contributed by atoms with Crippen LogP contribution in [0.25, 0.3) is 10.9 Å². The number of carbonyl (C=O) groups is 1. The highest BCUT2D eigenvalue weighted by Crippen LogP contribution is 2.35. The number of aryl methyl sites for hydroxylation is 1. The molecule has 1 fully saturated rings. The molecule has 0 N–H and O–H groups in total. The summed E-state index contributed by atoms with van der Waals surface area (Å²) in [4.78, 5) is 24.5. The average Bonchev–Trinajstić information content (AvgIpc) is 3.20. The van der Waals surface area contributed by atoms with E-state index in [0.717, 1.165) is 68.3 Å². The van der Waals surface area contributed by atoms with Crippen LogP contribution in [0.15, 0.2) is 48.5 Å². The Balaban J connectivity index is 1.36. The normalized spacial score (nSPS) is 16.9. The Morgan fingerprint density at radius 2 is 1.73 bits per heavy atom. The molecule has 154 valence electrons. The van der Waals surface area contributed by atoms with Gasteiger partial charge in [-0.1, -0.05) is 19.1 Å². The second-order valence-corrected chi connectivity index (χ2v) is 8.34. The Morgan fingerprint density at radius 1 is 0.967 bits per heavy atom. The van der Waals surface area contributed by atoms with Crippen LogP contribution in [0.2, 0.25) is 0 Å². The third kappa shape index (κ3) is 3.43. The fourth-order valence-corrected chi connectivity index (χ4v) is 4.55. The van der Waals surface area contributed by atoms with Crippen molar-refractivity contribution in [1.82, 2.24) is 14.8 Å². The van der Waals surface area contributed by atoms with E-state index in [-0.39, 0.29) is 5.91 Å². The van der Waals surface area contributed by atoms with Crippen molar-refractivity contribution in [2.24, 2.45) is 0 Å². The molecule has 0 unspecified atom stereocenters. The van der Waals surface area contributed by atoms with E-state index in [4.69, 9.17) is 4.98 Å². The molecule has 0 spiro atoms. The second kappa shape index (κ2) is 7.73. The zero-order chi connectivity index (χ0) is 20.7. The number of rotatable bonds is 3. The molecule has 5 nitrogen and oxygen atoms in total. The molecular formula is C25H28N4O. The molecule has 5 rings (SSSR count). The van der Waals surface area contributed by atoms with E-state index in [1.54, 1.807) is 0 Å². The van der Waals surface area contributed by atoms with E-state index in [1.807, 2.05) is 17.0 Å². The Bertz CT molecular complexity index is 1080. The predicted octanol–water partition coefficient (Wildman–Crippen LogP) is 4.02. The lowest BCUT2D eigenvalue weighted by molar-refractivity contribution is 0.0643. The van der Waals surface area contributed by atoms with Crippen LogP contribution < -0.4 is 4.90 Å². The molecule has 0 radical (unpaired) electrons. The minimum atomic E-state index is 0.138. The topological polar surface area (TPSA) is 39.7 Å². The van der Waals surface area contributed by atoms with E-state index < -0.39 is 0 Å². The van der Waals surface area contributed by atoms with Gasteiger partial charge in [-0.25, -0.2) is 4.98 Å². The summed E-state index contributed by atoms with van der Waals surface area (Å²) in [5, 5.41) is 1.20. The average molecular weight is 401 g/mol. The van der Waals surface area contributed by atoms with Crippen molar-refractivity contribution in [2.75, 3.05) is 44.2 Å². The maximum atomic E-state index is 12.9. The molecule has 3 aromatic rings. The first-order chi connectivity index (χ1) is 14.6. The molecule has 30 heavy (non-hydrogen) atoms. The number of carbonyl (C=O) groups excluding carboxylic acids is 1. The molecular weight excluding hydrogens is 372 g/mol. The minimum Gasteiger partial charge on any atom is -0.336 e. The largest absolute Gasteiger partial charge is 0.336 e. The lowest BCUT2D eigenvalue weighted by Gasteiger charge is -2.34. The van der Waals surface area contributed by atoms with Gasteiger partial charge in [0.25, 0.3) is 5.91 Å². The summed E-state index contributed by atoms with van der Waals surface area (Å²) in [7, 11) is 0. The number of hydrogen-bond acceptors (Lipinski definition) is 4. The Kier molecular flexibility index (Phi) is 4.91. The molecule has 0 bridgehead atoms. The third-order valence-electron chi connectivity index (χ3n) is 6.42. The molecule has 0 saturated carbocycles. The van der Waals surface area contributed by atoms with Gasteiger partial charge in [-0.3, -0.25) is 4.79 Å². The van der Waals surface area contributed by atoms with Gasteiger partial charge in [0.15, 0.2) is 0 Å². The van der Waals surface area contributed by atoms with Crippen molar-refractivity contribution in [3.8, 4) is 0 Å². The van der Waals surface area contributed by atoms with Crippen LogP contribution in [0.4, 0.5) is 11.5 Å². The van der Waals surface area contributed by atoms with Crippen molar-refractivity contribution in [2.45, 2.75) is 20.3 Å². The maximum absolute atomic E-state index is 12.9. The molecule has 0 aliphatic carbocycles. The number of fused-ring (bicyclic) bond motifs is 2. The molecule has 2 aromatic carbocycles. The molecule has 3 heterocycles. The van der Waals surface area contributed by atoms with Crippen LogP contribution in [-0.2, 0) is 6.42 Å². The van der Waals surface area contributed by atoms with E-state index in [9.17, 15) is 4.79 Å². The summed E-state index contributed by atoms with van der Waals surface area (Å²) < 4.78 is 0. The minimum absolute atomic E-state index is 0.138. The zero-order valence-corrected chi connectivity index (χ0v) is 17.8. The van der Waals surface area contributed by atoms with Crippen LogP contribution in [0.1, 0.15) is 28.4 Å². The van der Waals surface area contributed by atoms with Crippen molar-refractivity contribution in [3.05, 3.63) is 65.2 Å². The summed E-state index contributed by atoms with van der Waals surface area (Å²) in [6, 6.07) is 16.8. The van der Waals surface area contributed by atoms with Crippen molar-refractivity contribution in [3.63, 3.8) is 0 Å². The summed E-state index contributed by atoms with van der Waals surface area (Å²) in [6.07, 6.45) is 0.995. The first-order valence-corrected chi connectivity index (χ1v) is 10.9. The molecule has 1 amide bonds. The predicted molar refractivity (Wildman–Crippen MR) is 122 cm³/mol. The van der Waals surface area contributed by atoms with Crippen molar-refractivity contribution < 1.29 is 4.79 Å². The van der Waals surface area contributed by atoms with Gasteiger partial charge in [0.05, 0.1) is 5.52 Å². The van der Waals surface area contributed by atoms with Gasteiger partial charge in [0, 0.05) is 49.4 Å². The van der Waals surface area contributed by atoms with Gasteiger partial charge in [-0.15, -0.1) is 0 Å². The molecule has 1 saturated heterocycles. The molecule has 0 atom stereocenters. The van der Waals surface area contributed by atoms with Crippen LogP contribution in [-0.4, -0.2) is 60.0 Å². The van der Waals surface area contributed by atoms with E-state index >= 15 is 0 Å². The van der Waals surface area contributed by atoms with Crippen LogP contribution in [0, 0.1) is 6.92 Å². The van der Waals surface area contributed by atoms with Crippen molar-refractivity contribution in [1.29, 1.82) is 0 Å². The van der Waals surface area contributed by atoms with Gasteiger partial charge in [0.1, 0.15) is 5.82 Å². The van der Waals surface area contributed by atoms with Gasteiger partial charge >= 0.3 is 0 Å². The highest BCUT2D eigenvalue weighted by Gasteiger charge is 2.24. The molecule has 2 aliphatic rings. The smallest absolute Gasteiger partial charge is 0.253 e. The number of pyridine rings is 1. The Labute approximate surface area is 177 Å². The zero-order valence-electron chi connectivity index (χ0n) is 17.8. The summed E-state index contributed by atoms with van der Waals surface area (Å²) in [5.74, 6) is 1.18. The van der Waals surface area contributed by atoms with E-state index in [0.29, 0.717) is 0 Å². The highest BCUT2D eigenvalue weighted by atomic mass is 16.2. The van der Waals surface area contributed by atoms with Crippen LogP contribution >= 0.6 is 0 Å². The molecule has 2 aliphatic heterocycles. The third-order valence-corrected chi connectivity index (χ3v) is 6.42. The Morgan fingerprint density at radius 3 is 2.47 bits per heavy atom. The van der Waals surface area contributed by atoms with Gasteiger partial charge in [-0.05, 0) is 67.4 Å². The standard InChI is InChI=1S/C25H28N4O/c1-3-27-12-14-28(15-13-27)25(30)19-6-8-22(9-7-19)29-11-10-21-17-20-5-4-18(2)16-23(20)26-24(21)29/h4-9,16-17H,3,10-15H2,1-2H3. The number of benzene rings is 2. The number of aromatic nitrogens is 1. The number of likely N-dealkylation sites (N-methyl/N-ethyl adjacent to an activating group) is 1. The monoisotopic (exact) mass is 400 g/mol. The highest BCUT2D eigenvalue weighted by molar-refractivity contribution is 5.95. The van der Waals surface area contributed by atoms with E-state index in [2.05, 4.69) is 60.0 Å². The molecule has 5 heteroatoms. The summed E-state index contributed by atoms with van der Waals surface area (Å²) >= 11 is 0. The summed E-state index contributed by atoms with van der Waals surface area (Å²) in [5.41, 5.74) is 5.42.